The van der Waals surface area contributed by atoms with Crippen molar-refractivity contribution in [2.75, 3.05) is 39.6 Å². The minimum atomic E-state index is -0.912. The van der Waals surface area contributed by atoms with Crippen molar-refractivity contribution in [2.45, 2.75) is 71.4 Å². The van der Waals surface area contributed by atoms with Gasteiger partial charge in [-0.1, -0.05) is 50.3 Å². The molecule has 2 aromatic carbocycles. The Morgan fingerprint density at radius 3 is 1.33 bits per heavy atom. The van der Waals surface area contributed by atoms with Crippen molar-refractivity contribution in [1.82, 2.24) is 0 Å². The molecule has 0 bridgehead atoms. The van der Waals surface area contributed by atoms with Crippen LogP contribution in [0.5, 0.6) is 11.5 Å². The number of aliphatic hydroxyl groups is 2. The molecule has 0 aliphatic carbocycles. The first kappa shape index (κ1) is 37.5. The van der Waals surface area contributed by atoms with E-state index in [1.807, 2.05) is 62.4 Å². The molecule has 45 heavy (non-hydrogen) atoms. The number of aliphatic hydroxyl groups excluding tert-OH is 2. The normalized spacial score (nSPS) is 14.6. The van der Waals surface area contributed by atoms with Crippen molar-refractivity contribution in [2.24, 2.45) is 0 Å². The lowest BCUT2D eigenvalue weighted by Gasteiger charge is -2.27. The quantitative estimate of drug-likeness (QED) is 0.159. The third-order valence-electron chi connectivity index (χ3n) is 6.59. The fourth-order valence-corrected chi connectivity index (χ4v) is 4.16. The predicted octanol–water partition coefficient (Wildman–Crippen LogP) is 4.54. The Morgan fingerprint density at radius 1 is 0.644 bits per heavy atom. The summed E-state index contributed by atoms with van der Waals surface area (Å²) in [6, 6.07) is 15.8. The summed E-state index contributed by atoms with van der Waals surface area (Å²) in [7, 11) is 0. The molecule has 0 amide bonds. The van der Waals surface area contributed by atoms with Gasteiger partial charge in [-0.2, -0.15) is 0 Å². The summed E-state index contributed by atoms with van der Waals surface area (Å²) in [5.74, 6) is 0.398. The monoisotopic (exact) mass is 628 g/mol. The number of benzene rings is 2. The van der Waals surface area contributed by atoms with E-state index in [1.165, 1.54) is 12.2 Å². The van der Waals surface area contributed by atoms with Crippen LogP contribution in [-0.4, -0.2) is 86.2 Å². The summed E-state index contributed by atoms with van der Waals surface area (Å²) in [6.45, 7) is 11.8. The van der Waals surface area contributed by atoms with E-state index in [0.717, 1.165) is 11.1 Å². The third-order valence-corrected chi connectivity index (χ3v) is 6.59. The first-order valence-corrected chi connectivity index (χ1v) is 15.1. The van der Waals surface area contributed by atoms with Crippen LogP contribution >= 0.6 is 0 Å². The molecular formula is C35H48O10. The molecule has 0 spiro atoms. The highest BCUT2D eigenvalue weighted by Gasteiger charge is 2.23. The van der Waals surface area contributed by atoms with E-state index in [2.05, 4.69) is 13.8 Å². The van der Waals surface area contributed by atoms with Crippen LogP contribution in [0.15, 0.2) is 72.8 Å². The molecule has 2 rings (SSSR count). The van der Waals surface area contributed by atoms with E-state index in [-0.39, 0.29) is 57.3 Å². The minimum Gasteiger partial charge on any atom is -0.488 e. The summed E-state index contributed by atoms with van der Waals surface area (Å²) in [5.41, 5.74) is 1.94. The Kier molecular flexibility index (Phi) is 16.4. The number of allylic oxidation sites excluding steroid dienone is 2. The van der Waals surface area contributed by atoms with Gasteiger partial charge in [-0.3, -0.25) is 0 Å². The Labute approximate surface area is 266 Å². The Hall–Kier alpha value is -3.70. The van der Waals surface area contributed by atoms with Crippen LogP contribution in [0, 0.1) is 0 Å². The van der Waals surface area contributed by atoms with Crippen LogP contribution in [-0.2, 0) is 34.0 Å². The van der Waals surface area contributed by atoms with Gasteiger partial charge in [-0.25, -0.2) is 9.59 Å². The van der Waals surface area contributed by atoms with E-state index in [4.69, 9.17) is 28.4 Å². The molecule has 0 saturated carbocycles. The molecule has 0 aliphatic rings. The number of hydrogen-bond acceptors (Lipinski definition) is 10. The molecule has 4 unspecified atom stereocenters. The lowest BCUT2D eigenvalue weighted by Crippen LogP contribution is -2.27. The number of hydrogen-bond donors (Lipinski definition) is 2. The van der Waals surface area contributed by atoms with Crippen LogP contribution in [0.4, 0.5) is 0 Å². The summed E-state index contributed by atoms with van der Waals surface area (Å²) in [5, 5.41) is 19.8. The smallest absolute Gasteiger partial charge is 0.330 e. The van der Waals surface area contributed by atoms with Gasteiger partial charge in [0.25, 0.3) is 0 Å². The molecule has 0 saturated heterocycles. The largest absolute Gasteiger partial charge is 0.488 e. The molecule has 4 atom stereocenters. The SMILES string of the molecule is CC=CC(=O)OCC(O)COCC(C)Oc1ccc(C(C)(C)c2ccc(OC(C)COCC(O)COC(=O)C=CC)cc2)cc1. The van der Waals surface area contributed by atoms with Gasteiger partial charge in [-0.05, 0) is 63.1 Å². The summed E-state index contributed by atoms with van der Waals surface area (Å²) in [4.78, 5) is 22.7. The van der Waals surface area contributed by atoms with Gasteiger partial charge in [0.05, 0.1) is 26.4 Å². The summed E-state index contributed by atoms with van der Waals surface area (Å²) in [6.07, 6.45) is 3.39. The highest BCUT2D eigenvalue weighted by molar-refractivity contribution is 5.82. The van der Waals surface area contributed by atoms with Gasteiger partial charge in [0, 0.05) is 17.6 Å². The summed E-state index contributed by atoms with van der Waals surface area (Å²) >= 11 is 0. The first-order valence-electron chi connectivity index (χ1n) is 15.1. The molecule has 2 N–H and O–H groups in total. The highest BCUT2D eigenvalue weighted by Crippen LogP contribution is 2.33. The van der Waals surface area contributed by atoms with E-state index in [1.54, 1.807) is 26.0 Å². The van der Waals surface area contributed by atoms with Crippen molar-refractivity contribution < 1.29 is 48.2 Å². The van der Waals surface area contributed by atoms with Crippen molar-refractivity contribution in [3.05, 3.63) is 84.0 Å². The van der Waals surface area contributed by atoms with Crippen molar-refractivity contribution in [3.8, 4) is 11.5 Å². The second kappa shape index (κ2) is 19.6. The minimum absolute atomic E-state index is 0.0298. The Morgan fingerprint density at radius 2 is 1.00 bits per heavy atom. The third kappa shape index (κ3) is 14.3. The van der Waals surface area contributed by atoms with Gasteiger partial charge in [-0.15, -0.1) is 0 Å². The second-order valence-corrected chi connectivity index (χ2v) is 11.2. The molecule has 0 radical (unpaired) electrons. The highest BCUT2D eigenvalue weighted by atomic mass is 16.6. The molecule has 10 heteroatoms. The van der Waals surface area contributed by atoms with Gasteiger partial charge < -0.3 is 38.6 Å². The standard InChI is InChI=1S/C35H48O10/c1-7-9-33(38)42-23-29(36)21-40-19-25(3)44-31-15-11-27(12-16-31)35(5,6)28-13-17-32(18-14-28)45-26(4)20-41-22-30(37)24-43-34(39)10-8-2/h7-18,25-26,29-30,36-37H,19-24H2,1-6H3. The number of esters is 2. The molecule has 0 fully saturated rings. The van der Waals surface area contributed by atoms with Crippen molar-refractivity contribution in [3.63, 3.8) is 0 Å². The lowest BCUT2D eigenvalue weighted by atomic mass is 9.78. The van der Waals surface area contributed by atoms with E-state index >= 15 is 0 Å². The molecule has 248 valence electrons. The fraction of sp³-hybridized carbons (Fsp3) is 0.486. The van der Waals surface area contributed by atoms with Gasteiger partial charge >= 0.3 is 11.9 Å². The number of ether oxygens (including phenoxy) is 6. The topological polar surface area (TPSA) is 130 Å². The molecule has 0 heterocycles. The fourth-order valence-electron chi connectivity index (χ4n) is 4.16. The van der Waals surface area contributed by atoms with Gasteiger partial charge in [0.2, 0.25) is 0 Å². The molecular weight excluding hydrogens is 580 g/mol. The Bertz CT molecular complexity index is 1110. The van der Waals surface area contributed by atoms with E-state index < -0.39 is 24.1 Å². The van der Waals surface area contributed by atoms with Crippen molar-refractivity contribution >= 4 is 11.9 Å². The van der Waals surface area contributed by atoms with Crippen LogP contribution in [0.25, 0.3) is 0 Å². The van der Waals surface area contributed by atoms with Gasteiger partial charge in [0.1, 0.15) is 49.1 Å². The zero-order chi connectivity index (χ0) is 33.2. The van der Waals surface area contributed by atoms with Crippen LogP contribution in [0.3, 0.4) is 0 Å². The van der Waals surface area contributed by atoms with E-state index in [0.29, 0.717) is 11.5 Å². The van der Waals surface area contributed by atoms with E-state index in [9.17, 15) is 19.8 Å². The molecule has 0 aliphatic heterocycles. The maximum absolute atomic E-state index is 11.3. The average Bonchev–Trinajstić information content (AvgIpc) is 3.00. The van der Waals surface area contributed by atoms with Crippen LogP contribution in [0.1, 0.15) is 52.7 Å². The second-order valence-electron chi connectivity index (χ2n) is 11.2. The predicted molar refractivity (Wildman–Crippen MR) is 170 cm³/mol. The van der Waals surface area contributed by atoms with Crippen LogP contribution < -0.4 is 9.47 Å². The summed E-state index contributed by atoms with van der Waals surface area (Å²) < 4.78 is 32.8. The zero-order valence-corrected chi connectivity index (χ0v) is 27.1. The number of rotatable bonds is 20. The lowest BCUT2D eigenvalue weighted by molar-refractivity contribution is -0.142. The number of carbonyl (C=O) groups is 2. The average molecular weight is 629 g/mol. The molecule has 10 nitrogen and oxygen atoms in total. The first-order chi connectivity index (χ1) is 21.4. The Balaban J connectivity index is 1.78. The van der Waals surface area contributed by atoms with Crippen molar-refractivity contribution in [1.29, 1.82) is 0 Å². The van der Waals surface area contributed by atoms with Crippen LogP contribution in [0.2, 0.25) is 0 Å². The maximum Gasteiger partial charge on any atom is 0.330 e. The zero-order valence-electron chi connectivity index (χ0n) is 27.1. The number of carbonyl (C=O) groups excluding carboxylic acids is 2. The maximum atomic E-state index is 11.3. The van der Waals surface area contributed by atoms with Gasteiger partial charge in [0.15, 0.2) is 0 Å². The molecule has 0 aromatic heterocycles. The molecule has 2 aromatic rings.